The Hall–Kier alpha value is -2.31. The van der Waals surface area contributed by atoms with Gasteiger partial charge in [-0.1, -0.05) is 42.3 Å². The third-order valence-electron chi connectivity index (χ3n) is 4.25. The molecule has 1 N–H and O–H groups in total. The number of halogens is 3. The van der Waals surface area contributed by atoms with E-state index in [0.29, 0.717) is 29.3 Å². The van der Waals surface area contributed by atoms with E-state index in [-0.39, 0.29) is 29.9 Å². The summed E-state index contributed by atoms with van der Waals surface area (Å²) >= 11 is 12.0. The number of hydrogen-bond donors (Lipinski definition) is 1. The minimum Gasteiger partial charge on any atom is -0.482 e. The quantitative estimate of drug-likeness (QED) is 0.626. The molecule has 2 rings (SSSR count). The molecule has 0 aliphatic rings. The molecule has 8 heteroatoms. The zero-order valence-corrected chi connectivity index (χ0v) is 17.8. The van der Waals surface area contributed by atoms with Gasteiger partial charge in [-0.3, -0.25) is 9.59 Å². The lowest BCUT2D eigenvalue weighted by atomic mass is 10.1. The van der Waals surface area contributed by atoms with Crippen molar-refractivity contribution in [2.24, 2.45) is 0 Å². The van der Waals surface area contributed by atoms with E-state index < -0.39 is 11.9 Å². The number of amides is 2. The number of carbonyl (C=O) groups excluding carboxylic acids is 2. The lowest BCUT2D eigenvalue weighted by Crippen LogP contribution is -2.50. The largest absolute Gasteiger partial charge is 0.482 e. The molecular formula is C21H23Cl2FN2O3. The maximum atomic E-state index is 13.2. The Kier molecular flexibility index (Phi) is 8.73. The Bertz CT molecular complexity index is 846. The molecule has 0 aromatic heterocycles. The zero-order valence-electron chi connectivity index (χ0n) is 16.3. The van der Waals surface area contributed by atoms with Gasteiger partial charge in [-0.25, -0.2) is 4.39 Å². The van der Waals surface area contributed by atoms with Gasteiger partial charge in [0.1, 0.15) is 17.6 Å². The van der Waals surface area contributed by atoms with Gasteiger partial charge in [0, 0.05) is 18.1 Å². The lowest BCUT2D eigenvalue weighted by Gasteiger charge is -2.30. The molecule has 0 unspecified atom stereocenters. The monoisotopic (exact) mass is 440 g/mol. The summed E-state index contributed by atoms with van der Waals surface area (Å²) in [5, 5.41) is 3.48. The fourth-order valence-corrected chi connectivity index (χ4v) is 3.28. The normalized spacial score (nSPS) is 11.6. The zero-order chi connectivity index (χ0) is 21.4. The summed E-state index contributed by atoms with van der Waals surface area (Å²) in [4.78, 5) is 26.9. The Morgan fingerprint density at radius 3 is 2.41 bits per heavy atom. The SMILES string of the molecule is CCNC(=O)[C@@H](CC)N(Cc1ccc(F)cc1)C(=O)COc1ccc(Cl)cc1Cl. The fourth-order valence-electron chi connectivity index (χ4n) is 2.81. The second kappa shape index (κ2) is 11.0. The topological polar surface area (TPSA) is 58.6 Å². The van der Waals surface area contributed by atoms with Gasteiger partial charge in [0.2, 0.25) is 5.91 Å². The summed E-state index contributed by atoms with van der Waals surface area (Å²) in [6.07, 6.45) is 0.417. The van der Waals surface area contributed by atoms with E-state index in [1.54, 1.807) is 24.3 Å². The first kappa shape index (κ1) is 23.0. The minimum absolute atomic E-state index is 0.145. The molecule has 0 radical (unpaired) electrons. The molecule has 156 valence electrons. The molecule has 29 heavy (non-hydrogen) atoms. The van der Waals surface area contributed by atoms with Crippen molar-refractivity contribution in [1.82, 2.24) is 10.2 Å². The summed E-state index contributed by atoms with van der Waals surface area (Å²) in [6, 6.07) is 9.80. The smallest absolute Gasteiger partial charge is 0.261 e. The first-order valence-electron chi connectivity index (χ1n) is 9.25. The predicted molar refractivity (Wildman–Crippen MR) is 112 cm³/mol. The number of hydrogen-bond acceptors (Lipinski definition) is 3. The van der Waals surface area contributed by atoms with Crippen molar-refractivity contribution >= 4 is 35.0 Å². The standard InChI is InChI=1S/C21H23Cl2FN2O3/c1-3-18(21(28)25-4-2)26(12-14-5-8-16(24)9-6-14)20(27)13-29-19-10-7-15(22)11-17(19)23/h5-11,18H,3-4,12-13H2,1-2H3,(H,25,28)/t18-/m1/s1. The van der Waals surface area contributed by atoms with E-state index >= 15 is 0 Å². The third-order valence-corrected chi connectivity index (χ3v) is 4.78. The molecule has 0 aliphatic heterocycles. The highest BCUT2D eigenvalue weighted by Gasteiger charge is 2.28. The van der Waals surface area contributed by atoms with Crippen LogP contribution >= 0.6 is 23.2 Å². The molecule has 0 fully saturated rings. The van der Waals surface area contributed by atoms with Crippen LogP contribution in [0, 0.1) is 5.82 Å². The van der Waals surface area contributed by atoms with Gasteiger partial charge in [0.15, 0.2) is 6.61 Å². The minimum atomic E-state index is -0.684. The van der Waals surface area contributed by atoms with Crippen LogP contribution in [0.2, 0.25) is 10.0 Å². The molecule has 0 spiro atoms. The molecule has 1 atom stereocenters. The summed E-state index contributed by atoms with van der Waals surface area (Å²) < 4.78 is 18.8. The molecule has 2 amide bonds. The van der Waals surface area contributed by atoms with E-state index in [9.17, 15) is 14.0 Å². The van der Waals surface area contributed by atoms with Gasteiger partial charge in [0.25, 0.3) is 5.91 Å². The Morgan fingerprint density at radius 2 is 1.83 bits per heavy atom. The maximum absolute atomic E-state index is 13.2. The number of likely N-dealkylation sites (N-methyl/N-ethyl adjacent to an activating group) is 1. The van der Waals surface area contributed by atoms with E-state index in [2.05, 4.69) is 5.32 Å². The van der Waals surface area contributed by atoms with Crippen LogP contribution in [0.4, 0.5) is 4.39 Å². The highest BCUT2D eigenvalue weighted by molar-refractivity contribution is 6.35. The number of carbonyl (C=O) groups is 2. The second-order valence-electron chi connectivity index (χ2n) is 6.33. The van der Waals surface area contributed by atoms with Crippen LogP contribution in [0.15, 0.2) is 42.5 Å². The van der Waals surface area contributed by atoms with Crippen molar-refractivity contribution in [3.8, 4) is 5.75 Å². The van der Waals surface area contributed by atoms with Gasteiger partial charge in [-0.2, -0.15) is 0 Å². The number of nitrogens with zero attached hydrogens (tertiary/aromatic N) is 1. The van der Waals surface area contributed by atoms with Gasteiger partial charge in [-0.05, 0) is 49.2 Å². The van der Waals surface area contributed by atoms with E-state index in [0.717, 1.165) is 0 Å². The van der Waals surface area contributed by atoms with Crippen molar-refractivity contribution < 1.29 is 18.7 Å². The molecule has 2 aromatic rings. The Balaban J connectivity index is 2.20. The third kappa shape index (κ3) is 6.61. The van der Waals surface area contributed by atoms with Crippen molar-refractivity contribution in [3.63, 3.8) is 0 Å². The van der Waals surface area contributed by atoms with Crippen molar-refractivity contribution in [2.45, 2.75) is 32.9 Å². The molecular weight excluding hydrogens is 418 g/mol. The number of benzene rings is 2. The van der Waals surface area contributed by atoms with Gasteiger partial charge in [-0.15, -0.1) is 0 Å². The summed E-state index contributed by atoms with van der Waals surface area (Å²) in [5.41, 5.74) is 0.701. The summed E-state index contributed by atoms with van der Waals surface area (Å²) in [7, 11) is 0. The fraction of sp³-hybridized carbons (Fsp3) is 0.333. The van der Waals surface area contributed by atoms with Crippen LogP contribution in [0.5, 0.6) is 5.75 Å². The molecule has 5 nitrogen and oxygen atoms in total. The van der Waals surface area contributed by atoms with Crippen LogP contribution in [-0.4, -0.2) is 35.9 Å². The lowest BCUT2D eigenvalue weighted by molar-refractivity contribution is -0.142. The van der Waals surface area contributed by atoms with Crippen LogP contribution in [0.3, 0.4) is 0 Å². The summed E-state index contributed by atoms with van der Waals surface area (Å²) in [5.74, 6) is -0.700. The van der Waals surface area contributed by atoms with E-state index in [1.165, 1.54) is 23.1 Å². The highest BCUT2D eigenvalue weighted by Crippen LogP contribution is 2.27. The van der Waals surface area contributed by atoms with E-state index in [4.69, 9.17) is 27.9 Å². The van der Waals surface area contributed by atoms with Crippen LogP contribution in [0.25, 0.3) is 0 Å². The van der Waals surface area contributed by atoms with Gasteiger partial charge < -0.3 is 15.0 Å². The van der Waals surface area contributed by atoms with Crippen LogP contribution in [0.1, 0.15) is 25.8 Å². The number of ether oxygens (including phenoxy) is 1. The van der Waals surface area contributed by atoms with Crippen LogP contribution < -0.4 is 10.1 Å². The number of nitrogens with one attached hydrogen (secondary N) is 1. The Morgan fingerprint density at radius 1 is 1.14 bits per heavy atom. The van der Waals surface area contributed by atoms with Crippen molar-refractivity contribution in [1.29, 1.82) is 0 Å². The first-order valence-corrected chi connectivity index (χ1v) is 10.0. The molecule has 0 saturated heterocycles. The van der Waals surface area contributed by atoms with Crippen molar-refractivity contribution in [2.75, 3.05) is 13.2 Å². The highest BCUT2D eigenvalue weighted by atomic mass is 35.5. The Labute approximate surface area is 179 Å². The van der Waals surface area contributed by atoms with Crippen molar-refractivity contribution in [3.05, 3.63) is 63.9 Å². The molecule has 0 saturated carbocycles. The van der Waals surface area contributed by atoms with Gasteiger partial charge in [0.05, 0.1) is 5.02 Å². The maximum Gasteiger partial charge on any atom is 0.261 e. The van der Waals surface area contributed by atoms with Gasteiger partial charge >= 0.3 is 0 Å². The van der Waals surface area contributed by atoms with Crippen LogP contribution in [-0.2, 0) is 16.1 Å². The molecule has 0 aliphatic carbocycles. The average Bonchev–Trinajstić information content (AvgIpc) is 2.68. The average molecular weight is 441 g/mol. The molecule has 2 aromatic carbocycles. The number of rotatable bonds is 9. The molecule has 0 heterocycles. The molecule has 0 bridgehead atoms. The predicted octanol–water partition coefficient (Wildman–Crippen LogP) is 4.45. The second-order valence-corrected chi connectivity index (χ2v) is 7.17. The van der Waals surface area contributed by atoms with E-state index in [1.807, 2.05) is 13.8 Å². The first-order chi connectivity index (χ1) is 13.8. The summed E-state index contributed by atoms with van der Waals surface area (Å²) in [6.45, 7) is 3.92.